The average Bonchev–Trinajstić information content (AvgIpc) is 2.37. The Morgan fingerprint density at radius 2 is 1.26 bits per heavy atom. The largest absolute Gasteiger partial charge is 0.499 e. The Hall–Kier alpha value is 0.884. The van der Waals surface area contributed by atoms with Crippen LogP contribution in [0.25, 0.3) is 0 Å². The molecule has 0 saturated heterocycles. The quantitative estimate of drug-likeness (QED) is 0.459. The lowest BCUT2D eigenvalue weighted by atomic mass is 10.9. The van der Waals surface area contributed by atoms with Crippen LogP contribution in [0.4, 0.5) is 0 Å². The molecule has 0 spiro atoms. The van der Waals surface area contributed by atoms with Gasteiger partial charge in [-0.1, -0.05) is 13.1 Å². The zero-order valence-corrected chi connectivity index (χ0v) is 22.1. The maximum absolute atomic E-state index is 6.76. The maximum Gasteiger partial charge on any atom is 0.499 e. The normalized spacial score (nSPS) is 16.2. The first kappa shape index (κ1) is 23.9. The molecule has 5 nitrogen and oxygen atoms in total. The van der Waals surface area contributed by atoms with Gasteiger partial charge in [0.05, 0.1) is 0 Å². The molecule has 1 atom stereocenters. The predicted octanol–water partition coefficient (Wildman–Crippen LogP) is 3.18. The maximum atomic E-state index is 6.76. The van der Waals surface area contributed by atoms with Gasteiger partial charge in [-0.3, -0.25) is 0 Å². The van der Waals surface area contributed by atoms with Gasteiger partial charge in [0.1, 0.15) is 0 Å². The Balaban J connectivity index is 4.95. The number of rotatable bonds is 12. The van der Waals surface area contributed by atoms with Gasteiger partial charge in [-0.2, -0.15) is 0 Å². The van der Waals surface area contributed by atoms with Crippen LogP contribution in [-0.2, 0) is 21.5 Å². The zero-order chi connectivity index (χ0) is 18.3. The van der Waals surface area contributed by atoms with E-state index >= 15 is 0 Å². The standard InChI is InChI=1S/C13H38O5Si5/c1-14-23(15-2,16-3)12-11-21(8,9)18-22(10,13-19(4)5)17-20(6)7/h19-20H,11-13H2,1-10H3. The van der Waals surface area contributed by atoms with Crippen LogP contribution in [0.2, 0.25) is 63.6 Å². The fraction of sp³-hybridized carbons (Fsp3) is 1.00. The van der Waals surface area contributed by atoms with E-state index in [2.05, 4.69) is 45.8 Å². The monoisotopic (exact) mass is 414 g/mol. The lowest BCUT2D eigenvalue weighted by molar-refractivity contribution is 0.125. The predicted molar refractivity (Wildman–Crippen MR) is 110 cm³/mol. The molecule has 140 valence electrons. The minimum absolute atomic E-state index is 0.725. The van der Waals surface area contributed by atoms with Crippen LogP contribution in [0, 0.1) is 0 Å². The highest BCUT2D eigenvalue weighted by Crippen LogP contribution is 2.28. The molecule has 10 heteroatoms. The molecule has 0 heterocycles. The van der Waals surface area contributed by atoms with Crippen LogP contribution >= 0.6 is 0 Å². The molecule has 0 bridgehead atoms. The molecule has 0 aliphatic heterocycles. The molecule has 0 aliphatic rings. The third kappa shape index (κ3) is 9.23. The third-order valence-corrected chi connectivity index (χ3v) is 22.5. The van der Waals surface area contributed by atoms with Crippen molar-refractivity contribution in [3.8, 4) is 0 Å². The molecule has 0 fully saturated rings. The van der Waals surface area contributed by atoms with Crippen LogP contribution in [0.1, 0.15) is 0 Å². The van der Waals surface area contributed by atoms with Gasteiger partial charge in [0.15, 0.2) is 17.4 Å². The summed E-state index contributed by atoms with van der Waals surface area (Å²) in [4.78, 5) is 0. The Morgan fingerprint density at radius 1 is 0.783 bits per heavy atom. The highest BCUT2D eigenvalue weighted by molar-refractivity contribution is 6.90. The van der Waals surface area contributed by atoms with Gasteiger partial charge in [0.2, 0.25) is 0 Å². The van der Waals surface area contributed by atoms with E-state index < -0.39 is 43.5 Å². The Morgan fingerprint density at radius 3 is 1.61 bits per heavy atom. The van der Waals surface area contributed by atoms with Crippen molar-refractivity contribution in [1.29, 1.82) is 0 Å². The van der Waals surface area contributed by atoms with Gasteiger partial charge in [0.25, 0.3) is 0 Å². The molecular formula is C13H38O5Si5. The second kappa shape index (κ2) is 10.1. The number of hydrogen-bond donors (Lipinski definition) is 0. The summed E-state index contributed by atoms with van der Waals surface area (Å²) in [6.45, 7) is 16.1. The average molecular weight is 415 g/mol. The van der Waals surface area contributed by atoms with Gasteiger partial charge >= 0.3 is 17.4 Å². The molecule has 0 radical (unpaired) electrons. The molecule has 0 aromatic heterocycles. The highest BCUT2D eigenvalue weighted by atomic mass is 28.5. The SMILES string of the molecule is CO[Si](CC[Si](C)(C)O[Si](C)(C[SiH](C)C)O[SiH](C)C)(OC)OC. The van der Waals surface area contributed by atoms with Crippen LogP contribution in [0.5, 0.6) is 0 Å². The molecule has 0 rings (SSSR count). The minimum atomic E-state index is -2.52. The van der Waals surface area contributed by atoms with Gasteiger partial charge in [-0.05, 0) is 44.4 Å². The van der Waals surface area contributed by atoms with E-state index in [4.69, 9.17) is 21.5 Å². The van der Waals surface area contributed by atoms with Crippen molar-refractivity contribution in [3.05, 3.63) is 0 Å². The van der Waals surface area contributed by atoms with E-state index in [0.29, 0.717) is 0 Å². The molecule has 0 aromatic carbocycles. The van der Waals surface area contributed by atoms with Crippen molar-refractivity contribution < 1.29 is 21.5 Å². The summed E-state index contributed by atoms with van der Waals surface area (Å²) in [7, 11) is -3.24. The van der Waals surface area contributed by atoms with Crippen molar-refractivity contribution in [3.63, 3.8) is 0 Å². The van der Waals surface area contributed by atoms with Crippen LogP contribution in [-0.4, -0.2) is 64.8 Å². The van der Waals surface area contributed by atoms with Crippen molar-refractivity contribution >= 4 is 43.5 Å². The van der Waals surface area contributed by atoms with Gasteiger partial charge in [-0.15, -0.1) is 0 Å². The lowest BCUT2D eigenvalue weighted by Crippen LogP contribution is -2.53. The van der Waals surface area contributed by atoms with E-state index in [-0.39, 0.29) is 0 Å². The van der Waals surface area contributed by atoms with E-state index in [0.717, 1.165) is 12.1 Å². The van der Waals surface area contributed by atoms with Crippen LogP contribution in [0.15, 0.2) is 0 Å². The summed E-state index contributed by atoms with van der Waals surface area (Å²) < 4.78 is 29.8. The van der Waals surface area contributed by atoms with E-state index in [9.17, 15) is 0 Å². The van der Waals surface area contributed by atoms with Crippen molar-refractivity contribution in [1.82, 2.24) is 0 Å². The molecule has 1 unspecified atom stereocenters. The summed E-state index contributed by atoms with van der Waals surface area (Å²) in [6.07, 6.45) is 0. The van der Waals surface area contributed by atoms with E-state index in [1.54, 1.807) is 21.3 Å². The fourth-order valence-corrected chi connectivity index (χ4v) is 25.7. The Bertz CT molecular complexity index is 318. The lowest BCUT2D eigenvalue weighted by Gasteiger charge is -2.39. The smallest absolute Gasteiger partial charge is 0.440 e. The molecular weight excluding hydrogens is 377 g/mol. The van der Waals surface area contributed by atoms with Crippen molar-refractivity contribution in [2.75, 3.05) is 21.3 Å². The van der Waals surface area contributed by atoms with Crippen molar-refractivity contribution in [2.45, 2.75) is 63.6 Å². The summed E-state index contributed by atoms with van der Waals surface area (Å²) in [5, 5.41) is 0. The van der Waals surface area contributed by atoms with Crippen LogP contribution in [0.3, 0.4) is 0 Å². The summed E-state index contributed by atoms with van der Waals surface area (Å²) in [5.41, 5.74) is 1.19. The Kier molecular flexibility index (Phi) is 10.5. The summed E-state index contributed by atoms with van der Waals surface area (Å²) in [6, 6.07) is 1.78. The second-order valence-corrected chi connectivity index (χ2v) is 25.2. The first-order chi connectivity index (χ1) is 10.4. The Labute approximate surface area is 150 Å². The van der Waals surface area contributed by atoms with E-state index in [1.165, 1.54) is 5.67 Å². The third-order valence-electron chi connectivity index (χ3n) is 3.72. The molecule has 0 aliphatic carbocycles. The molecule has 0 saturated carbocycles. The van der Waals surface area contributed by atoms with Gasteiger partial charge in [0, 0.05) is 36.2 Å². The van der Waals surface area contributed by atoms with Gasteiger partial charge < -0.3 is 21.5 Å². The second-order valence-electron chi connectivity index (χ2n) is 7.56. The molecule has 0 N–H and O–H groups in total. The van der Waals surface area contributed by atoms with Crippen LogP contribution < -0.4 is 0 Å². The first-order valence-corrected chi connectivity index (χ1v) is 21.9. The summed E-state index contributed by atoms with van der Waals surface area (Å²) >= 11 is 0. The first-order valence-electron chi connectivity index (χ1n) is 8.46. The number of hydrogen-bond acceptors (Lipinski definition) is 5. The van der Waals surface area contributed by atoms with Gasteiger partial charge in [-0.25, -0.2) is 0 Å². The fourth-order valence-electron chi connectivity index (χ4n) is 3.00. The zero-order valence-electron chi connectivity index (χ0n) is 16.8. The molecule has 23 heavy (non-hydrogen) atoms. The molecule has 0 aromatic rings. The van der Waals surface area contributed by atoms with E-state index in [1.807, 2.05) is 0 Å². The topological polar surface area (TPSA) is 46.2 Å². The van der Waals surface area contributed by atoms with Crippen molar-refractivity contribution in [2.24, 2.45) is 0 Å². The summed E-state index contributed by atoms with van der Waals surface area (Å²) in [5.74, 6) is 0. The highest BCUT2D eigenvalue weighted by Gasteiger charge is 2.44. The molecule has 0 amide bonds. The minimum Gasteiger partial charge on any atom is -0.440 e.